The summed E-state index contributed by atoms with van der Waals surface area (Å²) < 4.78 is 13.6. The number of hydrogen-bond donors (Lipinski definition) is 1. The van der Waals surface area contributed by atoms with Gasteiger partial charge in [-0.2, -0.15) is 0 Å². The van der Waals surface area contributed by atoms with Gasteiger partial charge in [-0.15, -0.1) is 0 Å². The second-order valence-electron chi connectivity index (χ2n) is 7.46. The van der Waals surface area contributed by atoms with Crippen LogP contribution in [0.5, 0.6) is 0 Å². The number of piperidine rings is 1. The molecule has 0 aromatic heterocycles. The van der Waals surface area contributed by atoms with E-state index in [0.717, 1.165) is 42.7 Å². The Morgan fingerprint density at radius 3 is 2.58 bits per heavy atom. The van der Waals surface area contributed by atoms with Crippen LogP contribution in [0.1, 0.15) is 23.1 Å². The fraction of sp³-hybridized carbons (Fsp3) is 0.429. The van der Waals surface area contributed by atoms with Crippen molar-refractivity contribution in [2.24, 2.45) is 11.8 Å². The normalized spacial score (nSPS) is 28.0. The number of aryl methyl sites for hydroxylation is 1. The lowest BCUT2D eigenvalue weighted by molar-refractivity contribution is -0.0429. The van der Waals surface area contributed by atoms with Crippen molar-refractivity contribution in [3.63, 3.8) is 0 Å². The van der Waals surface area contributed by atoms with Gasteiger partial charge in [-0.25, -0.2) is 4.39 Å². The standard InChI is InChI=1S/C21H24FNO/c1-15-11-18(22)7-8-19(15)21(24,12-16-5-3-2-4-6-16)20-14-23-10-9-17(20)13-23/h2-8,11,17,20,24H,9-10,12-14H2,1H3. The zero-order valence-electron chi connectivity index (χ0n) is 14.1. The molecule has 3 heteroatoms. The van der Waals surface area contributed by atoms with E-state index in [2.05, 4.69) is 17.0 Å². The summed E-state index contributed by atoms with van der Waals surface area (Å²) in [6.45, 7) is 5.07. The van der Waals surface area contributed by atoms with Crippen molar-refractivity contribution in [3.05, 3.63) is 71.0 Å². The smallest absolute Gasteiger partial charge is 0.123 e. The average molecular weight is 325 g/mol. The maximum atomic E-state index is 13.6. The van der Waals surface area contributed by atoms with Crippen molar-refractivity contribution < 1.29 is 9.50 Å². The molecule has 4 atom stereocenters. The fourth-order valence-electron chi connectivity index (χ4n) is 4.77. The summed E-state index contributed by atoms with van der Waals surface area (Å²) in [4.78, 5) is 2.45. The van der Waals surface area contributed by atoms with Crippen LogP contribution >= 0.6 is 0 Å². The molecule has 2 aromatic carbocycles. The number of hydrogen-bond acceptors (Lipinski definition) is 2. The van der Waals surface area contributed by atoms with E-state index in [-0.39, 0.29) is 11.7 Å². The van der Waals surface area contributed by atoms with Crippen molar-refractivity contribution in [1.29, 1.82) is 0 Å². The van der Waals surface area contributed by atoms with E-state index < -0.39 is 5.60 Å². The maximum absolute atomic E-state index is 13.6. The molecule has 2 saturated heterocycles. The quantitative estimate of drug-likeness (QED) is 0.930. The lowest BCUT2D eigenvalue weighted by atomic mass is 9.70. The van der Waals surface area contributed by atoms with Gasteiger partial charge in [0.25, 0.3) is 0 Å². The van der Waals surface area contributed by atoms with Crippen molar-refractivity contribution in [1.82, 2.24) is 4.90 Å². The van der Waals surface area contributed by atoms with Gasteiger partial charge in [0.2, 0.25) is 0 Å². The van der Waals surface area contributed by atoms with Gasteiger partial charge >= 0.3 is 0 Å². The molecule has 126 valence electrons. The Morgan fingerprint density at radius 1 is 1.17 bits per heavy atom. The third kappa shape index (κ3) is 2.66. The maximum Gasteiger partial charge on any atom is 0.123 e. The van der Waals surface area contributed by atoms with E-state index >= 15 is 0 Å². The minimum atomic E-state index is -0.945. The molecule has 0 saturated carbocycles. The first-order chi connectivity index (χ1) is 11.6. The molecular formula is C21H24FNO. The molecule has 2 fully saturated rings. The van der Waals surface area contributed by atoms with E-state index in [9.17, 15) is 9.50 Å². The minimum absolute atomic E-state index is 0.204. The topological polar surface area (TPSA) is 23.5 Å². The third-order valence-corrected chi connectivity index (χ3v) is 5.92. The van der Waals surface area contributed by atoms with Crippen molar-refractivity contribution in [2.45, 2.75) is 25.4 Å². The lowest BCUT2D eigenvalue weighted by Crippen LogP contribution is -2.44. The highest BCUT2D eigenvalue weighted by atomic mass is 19.1. The molecule has 0 amide bonds. The van der Waals surface area contributed by atoms with Gasteiger partial charge in [0.05, 0.1) is 5.60 Å². The van der Waals surface area contributed by atoms with Crippen LogP contribution in [0, 0.1) is 24.6 Å². The Bertz CT molecular complexity index is 732. The monoisotopic (exact) mass is 325 g/mol. The molecule has 2 bridgehead atoms. The molecule has 0 spiro atoms. The van der Waals surface area contributed by atoms with E-state index in [1.54, 1.807) is 12.1 Å². The highest BCUT2D eigenvalue weighted by Crippen LogP contribution is 2.46. The van der Waals surface area contributed by atoms with Crippen LogP contribution in [0.15, 0.2) is 48.5 Å². The predicted octanol–water partition coefficient (Wildman–Crippen LogP) is 3.52. The van der Waals surface area contributed by atoms with Gasteiger partial charge in [0.15, 0.2) is 0 Å². The third-order valence-electron chi connectivity index (χ3n) is 5.92. The second-order valence-corrected chi connectivity index (χ2v) is 7.46. The van der Waals surface area contributed by atoms with Crippen LogP contribution in [-0.2, 0) is 12.0 Å². The zero-order chi connectivity index (χ0) is 16.7. The van der Waals surface area contributed by atoms with Crippen LogP contribution in [0.3, 0.4) is 0 Å². The molecule has 24 heavy (non-hydrogen) atoms. The minimum Gasteiger partial charge on any atom is -0.384 e. The van der Waals surface area contributed by atoms with Crippen LogP contribution in [0.2, 0.25) is 0 Å². The van der Waals surface area contributed by atoms with E-state index in [4.69, 9.17) is 0 Å². The molecule has 2 aliphatic heterocycles. The predicted molar refractivity (Wildman–Crippen MR) is 93.2 cm³/mol. The number of fused-ring (bicyclic) bond motifs is 2. The summed E-state index contributed by atoms with van der Waals surface area (Å²) in [5.41, 5.74) is 1.90. The first-order valence-electron chi connectivity index (χ1n) is 8.81. The van der Waals surface area contributed by atoms with E-state index in [1.807, 2.05) is 25.1 Å². The Morgan fingerprint density at radius 2 is 1.96 bits per heavy atom. The number of nitrogens with zero attached hydrogens (tertiary/aromatic N) is 1. The summed E-state index contributed by atoms with van der Waals surface area (Å²) in [6.07, 6.45) is 1.73. The summed E-state index contributed by atoms with van der Waals surface area (Å²) in [5.74, 6) is 0.494. The van der Waals surface area contributed by atoms with Gasteiger partial charge in [-0.3, -0.25) is 0 Å². The van der Waals surface area contributed by atoms with Gasteiger partial charge in [0.1, 0.15) is 5.82 Å². The Kier molecular flexibility index (Phi) is 3.93. The van der Waals surface area contributed by atoms with Crippen LogP contribution in [0.25, 0.3) is 0 Å². The molecular weight excluding hydrogens is 301 g/mol. The van der Waals surface area contributed by atoms with Crippen molar-refractivity contribution >= 4 is 0 Å². The summed E-state index contributed by atoms with van der Waals surface area (Å²) in [6, 6.07) is 15.0. The molecule has 2 heterocycles. The Labute approximate surface area is 142 Å². The van der Waals surface area contributed by atoms with E-state index in [1.165, 1.54) is 6.07 Å². The molecule has 0 aliphatic carbocycles. The second kappa shape index (κ2) is 5.98. The van der Waals surface area contributed by atoms with Gasteiger partial charge < -0.3 is 10.0 Å². The molecule has 0 radical (unpaired) electrons. The lowest BCUT2D eigenvalue weighted by Gasteiger charge is -2.40. The molecule has 2 aromatic rings. The molecule has 2 nitrogen and oxygen atoms in total. The fourth-order valence-corrected chi connectivity index (χ4v) is 4.77. The number of rotatable bonds is 4. The van der Waals surface area contributed by atoms with Gasteiger partial charge in [0, 0.05) is 25.4 Å². The summed E-state index contributed by atoms with van der Waals surface area (Å²) in [7, 11) is 0. The highest BCUT2D eigenvalue weighted by molar-refractivity contribution is 5.35. The Balaban J connectivity index is 1.76. The molecule has 4 unspecified atom stereocenters. The number of halogens is 1. The molecule has 4 rings (SSSR count). The first kappa shape index (κ1) is 15.8. The van der Waals surface area contributed by atoms with E-state index in [0.29, 0.717) is 12.3 Å². The SMILES string of the molecule is Cc1cc(F)ccc1C(O)(Cc1ccccc1)C1CN2CCC1C2. The zero-order valence-corrected chi connectivity index (χ0v) is 14.1. The highest BCUT2D eigenvalue weighted by Gasteiger charge is 2.50. The summed E-state index contributed by atoms with van der Waals surface area (Å²) in [5, 5.41) is 11.9. The van der Waals surface area contributed by atoms with Crippen LogP contribution in [0.4, 0.5) is 4.39 Å². The van der Waals surface area contributed by atoms with Gasteiger partial charge in [-0.1, -0.05) is 36.4 Å². The number of benzene rings is 2. The Hall–Kier alpha value is -1.71. The van der Waals surface area contributed by atoms with Crippen LogP contribution < -0.4 is 0 Å². The van der Waals surface area contributed by atoms with Crippen molar-refractivity contribution in [2.75, 3.05) is 19.6 Å². The largest absolute Gasteiger partial charge is 0.384 e. The average Bonchev–Trinajstić information content (AvgIpc) is 3.19. The number of aliphatic hydroxyl groups is 1. The van der Waals surface area contributed by atoms with Gasteiger partial charge in [-0.05, 0) is 54.6 Å². The molecule has 2 aliphatic rings. The van der Waals surface area contributed by atoms with Crippen molar-refractivity contribution in [3.8, 4) is 0 Å². The van der Waals surface area contributed by atoms with Crippen LogP contribution in [-0.4, -0.2) is 29.6 Å². The summed E-state index contributed by atoms with van der Waals surface area (Å²) >= 11 is 0. The first-order valence-corrected chi connectivity index (χ1v) is 8.81. The molecule has 1 N–H and O–H groups in total.